The average molecular weight is 193 g/mol. The van der Waals surface area contributed by atoms with E-state index in [1.165, 1.54) is 0 Å². The molecule has 1 N–H and O–H groups in total. The number of anilines is 1. The van der Waals surface area contributed by atoms with E-state index in [2.05, 4.69) is 10.3 Å². The Morgan fingerprint density at radius 3 is 2.86 bits per heavy atom. The van der Waals surface area contributed by atoms with Gasteiger partial charge in [-0.1, -0.05) is 20.8 Å². The Hall–Kier alpha value is -1.32. The number of nitrogens with zero attached hydrogens (tertiary/aromatic N) is 2. The van der Waals surface area contributed by atoms with Gasteiger partial charge in [0, 0.05) is 24.8 Å². The molecule has 0 radical (unpaired) electrons. The van der Waals surface area contributed by atoms with Crippen LogP contribution in [0.25, 0.3) is 0 Å². The second-order valence-electron chi connectivity index (χ2n) is 4.63. The molecule has 0 spiro atoms. The molecule has 14 heavy (non-hydrogen) atoms. The normalized spacial score (nSPS) is 15.1. The first kappa shape index (κ1) is 9.24. The molecule has 0 fully saturated rings. The monoisotopic (exact) mass is 193 g/mol. The molecule has 0 saturated heterocycles. The Kier molecular flexibility index (Phi) is 1.87. The van der Waals surface area contributed by atoms with Gasteiger partial charge in [0.25, 0.3) is 5.56 Å². The molecule has 4 nitrogen and oxygen atoms in total. The van der Waals surface area contributed by atoms with Gasteiger partial charge >= 0.3 is 0 Å². The molecule has 1 aliphatic rings. The Morgan fingerprint density at radius 2 is 2.21 bits per heavy atom. The minimum atomic E-state index is -0.130. The fourth-order valence-electron chi connectivity index (χ4n) is 1.63. The molecule has 0 bridgehead atoms. The van der Waals surface area contributed by atoms with Crippen LogP contribution in [0.3, 0.4) is 0 Å². The average Bonchev–Trinajstić information content (AvgIpc) is 2.50. The molecule has 1 aromatic rings. The van der Waals surface area contributed by atoms with E-state index in [1.54, 1.807) is 10.8 Å². The quantitative estimate of drug-likeness (QED) is 0.667. The highest BCUT2D eigenvalue weighted by molar-refractivity contribution is 5.32. The molecule has 2 rings (SSSR count). The van der Waals surface area contributed by atoms with E-state index in [0.29, 0.717) is 5.95 Å². The number of rotatable bonds is 0. The van der Waals surface area contributed by atoms with Gasteiger partial charge in [0.2, 0.25) is 5.95 Å². The van der Waals surface area contributed by atoms with Gasteiger partial charge in [0.05, 0.1) is 0 Å². The van der Waals surface area contributed by atoms with Gasteiger partial charge in [-0.15, -0.1) is 0 Å². The smallest absolute Gasteiger partial charge is 0.258 e. The summed E-state index contributed by atoms with van der Waals surface area (Å²) < 4.78 is 1.71. The first-order chi connectivity index (χ1) is 6.50. The van der Waals surface area contributed by atoms with Gasteiger partial charge in [-0.25, -0.2) is 4.98 Å². The molecule has 0 unspecified atom stereocenters. The van der Waals surface area contributed by atoms with Crippen LogP contribution >= 0.6 is 0 Å². The van der Waals surface area contributed by atoms with Crippen molar-refractivity contribution in [3.63, 3.8) is 0 Å². The molecular weight excluding hydrogens is 178 g/mol. The maximum atomic E-state index is 12.0. The molecule has 1 aromatic heterocycles. The first-order valence-electron chi connectivity index (χ1n) is 4.84. The van der Waals surface area contributed by atoms with Crippen LogP contribution in [-0.4, -0.2) is 16.1 Å². The van der Waals surface area contributed by atoms with E-state index in [-0.39, 0.29) is 11.0 Å². The molecule has 76 valence electrons. The highest BCUT2D eigenvalue weighted by atomic mass is 16.1. The zero-order valence-electron chi connectivity index (χ0n) is 8.79. The largest absolute Gasteiger partial charge is 0.354 e. The summed E-state index contributed by atoms with van der Waals surface area (Å²) in [6.45, 7) is 7.61. The van der Waals surface area contributed by atoms with Crippen LogP contribution in [0.5, 0.6) is 0 Å². The summed E-state index contributed by atoms with van der Waals surface area (Å²) in [6, 6.07) is 0. The van der Waals surface area contributed by atoms with Gasteiger partial charge in [0.15, 0.2) is 0 Å². The van der Waals surface area contributed by atoms with Gasteiger partial charge in [-0.2, -0.15) is 0 Å². The molecule has 0 atom stereocenters. The third kappa shape index (κ3) is 1.31. The van der Waals surface area contributed by atoms with Crippen LogP contribution in [-0.2, 0) is 12.0 Å². The third-order valence-corrected chi connectivity index (χ3v) is 2.47. The van der Waals surface area contributed by atoms with Crippen LogP contribution in [0.1, 0.15) is 26.3 Å². The Balaban J connectivity index is 2.62. The number of hydrogen-bond acceptors (Lipinski definition) is 3. The molecular formula is C10H15N3O. The van der Waals surface area contributed by atoms with Crippen molar-refractivity contribution in [2.75, 3.05) is 11.9 Å². The Labute approximate surface area is 83.0 Å². The van der Waals surface area contributed by atoms with E-state index < -0.39 is 0 Å². The Morgan fingerprint density at radius 1 is 1.50 bits per heavy atom. The SMILES string of the molecule is CC(C)(C)c1cnc2n(c1=O)CCN2. The summed E-state index contributed by atoms with van der Waals surface area (Å²) in [5, 5.41) is 3.07. The Bertz CT molecular complexity index is 414. The lowest BCUT2D eigenvalue weighted by molar-refractivity contribution is 0.566. The fraction of sp³-hybridized carbons (Fsp3) is 0.600. The molecule has 4 heteroatoms. The van der Waals surface area contributed by atoms with Crippen molar-refractivity contribution in [1.82, 2.24) is 9.55 Å². The lowest BCUT2D eigenvalue weighted by Gasteiger charge is -2.18. The van der Waals surface area contributed by atoms with Crippen LogP contribution < -0.4 is 10.9 Å². The van der Waals surface area contributed by atoms with Gasteiger partial charge < -0.3 is 5.32 Å². The number of hydrogen-bond donors (Lipinski definition) is 1. The molecule has 1 aliphatic heterocycles. The second kappa shape index (κ2) is 2.83. The van der Waals surface area contributed by atoms with E-state index in [9.17, 15) is 4.79 Å². The van der Waals surface area contributed by atoms with Crippen molar-refractivity contribution in [1.29, 1.82) is 0 Å². The van der Waals surface area contributed by atoms with Crippen LogP contribution in [0.15, 0.2) is 11.0 Å². The lowest BCUT2D eigenvalue weighted by Crippen LogP contribution is -2.29. The summed E-state index contributed by atoms with van der Waals surface area (Å²) in [7, 11) is 0. The topological polar surface area (TPSA) is 46.9 Å². The lowest BCUT2D eigenvalue weighted by atomic mass is 9.89. The van der Waals surface area contributed by atoms with Crippen molar-refractivity contribution in [2.24, 2.45) is 0 Å². The van der Waals surface area contributed by atoms with Crippen LogP contribution in [0, 0.1) is 0 Å². The third-order valence-electron chi connectivity index (χ3n) is 2.47. The highest BCUT2D eigenvalue weighted by Crippen LogP contribution is 2.19. The van der Waals surface area contributed by atoms with E-state index in [4.69, 9.17) is 0 Å². The zero-order chi connectivity index (χ0) is 10.3. The summed E-state index contributed by atoms with van der Waals surface area (Å²) in [5.41, 5.74) is 0.742. The minimum Gasteiger partial charge on any atom is -0.354 e. The standard InChI is InChI=1S/C10H15N3O/c1-10(2,3)7-6-12-9-11-4-5-13(9)8(7)14/h6H,4-5H2,1-3H3,(H,11,12). The van der Waals surface area contributed by atoms with Crippen molar-refractivity contribution >= 4 is 5.95 Å². The van der Waals surface area contributed by atoms with Crippen LogP contribution in [0.2, 0.25) is 0 Å². The molecule has 0 aliphatic carbocycles. The zero-order valence-corrected chi connectivity index (χ0v) is 8.79. The summed E-state index contributed by atoms with van der Waals surface area (Å²) in [6.07, 6.45) is 1.69. The maximum absolute atomic E-state index is 12.0. The molecule has 0 aromatic carbocycles. The number of fused-ring (bicyclic) bond motifs is 1. The second-order valence-corrected chi connectivity index (χ2v) is 4.63. The van der Waals surface area contributed by atoms with Crippen molar-refractivity contribution < 1.29 is 0 Å². The first-order valence-corrected chi connectivity index (χ1v) is 4.84. The van der Waals surface area contributed by atoms with E-state index in [0.717, 1.165) is 18.7 Å². The molecule has 2 heterocycles. The van der Waals surface area contributed by atoms with E-state index >= 15 is 0 Å². The molecule has 0 saturated carbocycles. The number of aromatic nitrogens is 2. The van der Waals surface area contributed by atoms with E-state index in [1.807, 2.05) is 20.8 Å². The van der Waals surface area contributed by atoms with Gasteiger partial charge in [0.1, 0.15) is 0 Å². The molecule has 0 amide bonds. The minimum absolute atomic E-state index is 0.0903. The fourth-order valence-corrected chi connectivity index (χ4v) is 1.63. The van der Waals surface area contributed by atoms with Crippen molar-refractivity contribution in [3.8, 4) is 0 Å². The summed E-state index contributed by atoms with van der Waals surface area (Å²) in [4.78, 5) is 16.2. The van der Waals surface area contributed by atoms with Crippen LogP contribution in [0.4, 0.5) is 5.95 Å². The van der Waals surface area contributed by atoms with Gasteiger partial charge in [-0.05, 0) is 5.41 Å². The summed E-state index contributed by atoms with van der Waals surface area (Å²) >= 11 is 0. The van der Waals surface area contributed by atoms with Crippen molar-refractivity contribution in [2.45, 2.75) is 32.7 Å². The number of nitrogens with one attached hydrogen (secondary N) is 1. The predicted octanol–water partition coefficient (Wildman–Crippen LogP) is 0.966. The maximum Gasteiger partial charge on any atom is 0.258 e. The predicted molar refractivity (Wildman–Crippen MR) is 55.7 cm³/mol. The van der Waals surface area contributed by atoms with Gasteiger partial charge in [-0.3, -0.25) is 9.36 Å². The summed E-state index contributed by atoms with van der Waals surface area (Å²) in [5.74, 6) is 0.697. The highest BCUT2D eigenvalue weighted by Gasteiger charge is 2.22. The van der Waals surface area contributed by atoms with Crippen molar-refractivity contribution in [3.05, 3.63) is 22.1 Å².